The van der Waals surface area contributed by atoms with Crippen molar-refractivity contribution in [3.8, 4) is 0 Å². The molecule has 11 atom stereocenters. The standard InChI is InChI=1S/C47H75O15P/c1-3-5-7-8-9-10-11-12-13-14-15-16-17-18-24-28-41(51)61-37-33-59-40(50)27-23-20-19-22-25-35-29-32-39(49)38(31-30-36(48)26-21-6-4-2)43(53)45(55)47(46(56)44(54)42(35)52)62-63(57,58)60-34-37/h9-10,12-13,15-16,19,22,29-32,35-38,42-48,52-56H,3-8,11,14,17-18,20-21,23-28,33-34H2,1-2H3,(H,57,58)/b10-9-,13-12-,16-15-,22-19-,31-30+,32-29-/t35-,36-,37+,38-,42+,43+,44-,45+,46+,47+/m0/s1. The summed E-state index contributed by atoms with van der Waals surface area (Å²) in [6.07, 6.45) is 17.1. The minimum atomic E-state index is -5.43. The summed E-state index contributed by atoms with van der Waals surface area (Å²) in [5.41, 5.74) is 0. The average Bonchev–Trinajstić information content (AvgIpc) is 3.26. The second-order valence-electron chi connectivity index (χ2n) is 16.2. The van der Waals surface area contributed by atoms with E-state index >= 15 is 0 Å². The Bertz CT molecular complexity index is 1540. The summed E-state index contributed by atoms with van der Waals surface area (Å²) in [6.45, 7) is 2.77. The summed E-state index contributed by atoms with van der Waals surface area (Å²) in [4.78, 5) is 49.9. The molecule has 1 heterocycles. The van der Waals surface area contributed by atoms with E-state index in [-0.39, 0.29) is 19.3 Å². The molecular weight excluding hydrogens is 835 g/mol. The Labute approximate surface area is 373 Å². The number of ether oxygens (including phenoxy) is 2. The number of fused-ring (bicyclic) bond motifs is 4. The van der Waals surface area contributed by atoms with Gasteiger partial charge in [-0.25, -0.2) is 4.57 Å². The fourth-order valence-corrected chi connectivity index (χ4v) is 7.88. The molecule has 7 N–H and O–H groups in total. The summed E-state index contributed by atoms with van der Waals surface area (Å²) in [5.74, 6) is -4.72. The molecule has 63 heavy (non-hydrogen) atoms. The van der Waals surface area contributed by atoms with Crippen LogP contribution in [0.25, 0.3) is 0 Å². The smallest absolute Gasteiger partial charge is 0.462 e. The van der Waals surface area contributed by atoms with Gasteiger partial charge in [0.2, 0.25) is 0 Å². The molecular formula is C47H75O15P. The Balaban J connectivity index is 2.22. The van der Waals surface area contributed by atoms with Crippen LogP contribution in [-0.4, -0.2) is 115 Å². The number of allylic oxidation sites excluding steroid dienone is 9. The van der Waals surface area contributed by atoms with E-state index in [0.29, 0.717) is 38.5 Å². The molecule has 1 aliphatic carbocycles. The van der Waals surface area contributed by atoms with E-state index in [1.165, 1.54) is 37.5 Å². The maximum atomic E-state index is 13.6. The van der Waals surface area contributed by atoms with Crippen molar-refractivity contribution in [3.63, 3.8) is 0 Å². The largest absolute Gasteiger partial charge is 0.472 e. The van der Waals surface area contributed by atoms with E-state index in [4.69, 9.17) is 18.5 Å². The highest BCUT2D eigenvalue weighted by atomic mass is 31.2. The number of carbonyl (C=O) groups excluding carboxylic acids is 3. The number of rotatable bonds is 20. The summed E-state index contributed by atoms with van der Waals surface area (Å²) < 4.78 is 34.6. The molecule has 0 amide bonds. The molecule has 0 aromatic heterocycles. The van der Waals surface area contributed by atoms with Crippen LogP contribution in [-0.2, 0) is 37.5 Å². The number of phosphoric acid groups is 1. The third kappa shape index (κ3) is 23.6. The van der Waals surface area contributed by atoms with Crippen LogP contribution in [0.5, 0.6) is 0 Å². The highest BCUT2D eigenvalue weighted by Gasteiger charge is 2.47. The Morgan fingerprint density at radius 3 is 2.14 bits per heavy atom. The molecule has 15 nitrogen and oxygen atoms in total. The summed E-state index contributed by atoms with van der Waals surface area (Å²) >= 11 is 0. The third-order valence-corrected chi connectivity index (χ3v) is 11.7. The molecule has 0 saturated heterocycles. The van der Waals surface area contributed by atoms with Crippen molar-refractivity contribution >= 4 is 25.5 Å². The van der Waals surface area contributed by atoms with Crippen LogP contribution in [0.2, 0.25) is 0 Å². The van der Waals surface area contributed by atoms with Crippen LogP contribution in [0.3, 0.4) is 0 Å². The van der Waals surface area contributed by atoms with Gasteiger partial charge in [-0.3, -0.25) is 23.4 Å². The molecule has 2 bridgehead atoms. The molecule has 0 saturated carbocycles. The van der Waals surface area contributed by atoms with Crippen molar-refractivity contribution in [2.75, 3.05) is 13.2 Å². The highest BCUT2D eigenvalue weighted by molar-refractivity contribution is 7.47. The van der Waals surface area contributed by atoms with Gasteiger partial charge in [-0.15, -0.1) is 0 Å². The number of aliphatic hydroxyl groups is 6. The van der Waals surface area contributed by atoms with Gasteiger partial charge < -0.3 is 45.0 Å². The lowest BCUT2D eigenvalue weighted by Crippen LogP contribution is -2.55. The van der Waals surface area contributed by atoms with E-state index in [1.54, 1.807) is 12.2 Å². The van der Waals surface area contributed by atoms with Gasteiger partial charge in [-0.2, -0.15) is 0 Å². The van der Waals surface area contributed by atoms with E-state index in [1.807, 2.05) is 19.1 Å². The van der Waals surface area contributed by atoms with Crippen LogP contribution in [0.4, 0.5) is 0 Å². The quantitative estimate of drug-likeness (QED) is 0.0305. The lowest BCUT2D eigenvalue weighted by Gasteiger charge is -2.36. The molecule has 2 aliphatic rings. The van der Waals surface area contributed by atoms with Crippen LogP contribution < -0.4 is 0 Å². The predicted octanol–water partition coefficient (Wildman–Crippen LogP) is 6.34. The molecule has 0 aromatic rings. The first-order valence-electron chi connectivity index (χ1n) is 22.8. The first-order valence-corrected chi connectivity index (χ1v) is 24.3. The Morgan fingerprint density at radius 1 is 0.825 bits per heavy atom. The second kappa shape index (κ2) is 32.6. The lowest BCUT2D eigenvalue weighted by atomic mass is 9.87. The van der Waals surface area contributed by atoms with E-state index in [2.05, 4.69) is 31.2 Å². The maximum absolute atomic E-state index is 13.6. The van der Waals surface area contributed by atoms with E-state index < -0.39 is 99.4 Å². The molecule has 2 rings (SSSR count). The number of esters is 2. The molecule has 16 heteroatoms. The number of phosphoric ester groups is 1. The first kappa shape index (κ1) is 56.1. The van der Waals surface area contributed by atoms with Crippen molar-refractivity contribution in [3.05, 3.63) is 72.9 Å². The molecule has 0 fully saturated rings. The molecule has 1 unspecified atom stereocenters. The van der Waals surface area contributed by atoms with Crippen molar-refractivity contribution in [2.45, 2.75) is 178 Å². The number of hydrogen-bond donors (Lipinski definition) is 7. The fraction of sp³-hybridized carbons (Fsp3) is 0.681. The Kier molecular flexibility index (Phi) is 29.0. The zero-order valence-electron chi connectivity index (χ0n) is 37.2. The van der Waals surface area contributed by atoms with Gasteiger partial charge in [0.05, 0.1) is 30.8 Å². The van der Waals surface area contributed by atoms with Crippen LogP contribution >= 0.6 is 7.82 Å². The van der Waals surface area contributed by atoms with E-state index in [0.717, 1.165) is 44.6 Å². The van der Waals surface area contributed by atoms with Gasteiger partial charge in [0, 0.05) is 18.8 Å². The zero-order chi connectivity index (χ0) is 46.5. The number of aliphatic hydroxyl groups excluding tert-OH is 6. The molecule has 0 radical (unpaired) electrons. The predicted molar refractivity (Wildman–Crippen MR) is 239 cm³/mol. The molecule has 358 valence electrons. The zero-order valence-corrected chi connectivity index (χ0v) is 38.1. The van der Waals surface area contributed by atoms with Gasteiger partial charge in [-0.05, 0) is 76.7 Å². The van der Waals surface area contributed by atoms with Gasteiger partial charge in [0.1, 0.15) is 31.0 Å². The highest BCUT2D eigenvalue weighted by Crippen LogP contribution is 2.47. The van der Waals surface area contributed by atoms with Crippen molar-refractivity contribution in [1.82, 2.24) is 0 Å². The van der Waals surface area contributed by atoms with Gasteiger partial charge >= 0.3 is 19.8 Å². The van der Waals surface area contributed by atoms with Crippen LogP contribution in [0.15, 0.2) is 72.9 Å². The second-order valence-corrected chi connectivity index (χ2v) is 17.6. The number of cyclic esters (lactones) is 1. The summed E-state index contributed by atoms with van der Waals surface area (Å²) in [5, 5.41) is 67.0. The van der Waals surface area contributed by atoms with Gasteiger partial charge in [-0.1, -0.05) is 113 Å². The Hall–Kier alpha value is -3.08. The van der Waals surface area contributed by atoms with Gasteiger partial charge in [0.15, 0.2) is 11.9 Å². The van der Waals surface area contributed by atoms with Crippen LogP contribution in [0.1, 0.15) is 129 Å². The van der Waals surface area contributed by atoms with E-state index in [9.17, 15) is 54.5 Å². The maximum Gasteiger partial charge on any atom is 0.472 e. The number of hydrogen-bond acceptors (Lipinski definition) is 14. The number of carbonyl (C=O) groups is 3. The summed E-state index contributed by atoms with van der Waals surface area (Å²) in [6, 6.07) is 0. The lowest BCUT2D eigenvalue weighted by molar-refractivity contribution is -0.164. The third-order valence-electron chi connectivity index (χ3n) is 10.8. The number of ketones is 1. The topological polar surface area (TPSA) is 247 Å². The minimum Gasteiger partial charge on any atom is -0.462 e. The number of unbranched alkanes of at least 4 members (excludes halogenated alkanes) is 7. The minimum absolute atomic E-state index is 0.0130. The fourth-order valence-electron chi connectivity index (χ4n) is 6.91. The van der Waals surface area contributed by atoms with Crippen LogP contribution in [0, 0.1) is 11.8 Å². The average molecular weight is 911 g/mol. The Morgan fingerprint density at radius 2 is 1.46 bits per heavy atom. The molecule has 1 aliphatic heterocycles. The molecule has 0 spiro atoms. The normalized spacial score (nSPS) is 31.5. The monoisotopic (exact) mass is 910 g/mol. The SMILES string of the molecule is CCCCC/C=C\C/C=C\C/C=C\CCCCC(=O)O[C@@H]1COC(=O)CCC/C=C\C[C@H]2/C=C\C(=O)[C@H](/C=C/[C@@H](O)CCCCC)[C@@H](O)[C@@H](O)[C@@H](OP(=O)(O)OC1)[C@H](O)[C@@H](O)[C@@H]2O. The van der Waals surface area contributed by atoms with Crippen molar-refractivity contribution in [2.24, 2.45) is 11.8 Å². The first-order chi connectivity index (χ1) is 30.2. The van der Waals surface area contributed by atoms with Crippen molar-refractivity contribution in [1.29, 1.82) is 0 Å². The molecule has 0 aromatic carbocycles. The van der Waals surface area contributed by atoms with Gasteiger partial charge in [0.25, 0.3) is 0 Å². The summed E-state index contributed by atoms with van der Waals surface area (Å²) in [7, 11) is -5.43. The van der Waals surface area contributed by atoms with Crippen molar-refractivity contribution < 1.29 is 73.0 Å².